The van der Waals surface area contributed by atoms with Crippen LogP contribution in [0.2, 0.25) is 0 Å². The molecule has 2 heterocycles. The molecule has 0 saturated carbocycles. The smallest absolute Gasteiger partial charge is 0.306 e. The fraction of sp³-hybridized carbons (Fsp3) is 0.458. The van der Waals surface area contributed by atoms with Crippen LogP contribution < -0.4 is 5.32 Å². The van der Waals surface area contributed by atoms with Gasteiger partial charge in [0.05, 0.1) is 13.0 Å². The highest BCUT2D eigenvalue weighted by atomic mass is 16.5. The molecule has 0 bridgehead atoms. The zero-order valence-electron chi connectivity index (χ0n) is 18.4. The maximum absolute atomic E-state index is 12.4. The number of benzene rings is 1. The van der Waals surface area contributed by atoms with Crippen molar-refractivity contribution >= 4 is 23.5 Å². The number of hydrogen-bond acceptors (Lipinski definition) is 5. The Morgan fingerprint density at radius 2 is 2.00 bits per heavy atom. The van der Waals surface area contributed by atoms with Crippen molar-refractivity contribution in [2.45, 2.75) is 53.0 Å². The topological polar surface area (TPSA) is 88.8 Å². The number of carbonyl (C=O) groups is 3. The Morgan fingerprint density at radius 1 is 1.19 bits per heavy atom. The number of hydrogen-bond donors (Lipinski definition) is 1. The van der Waals surface area contributed by atoms with Gasteiger partial charge in [-0.1, -0.05) is 26.0 Å². The van der Waals surface area contributed by atoms with Crippen molar-refractivity contribution in [2.75, 3.05) is 18.5 Å². The predicted octanol–water partition coefficient (Wildman–Crippen LogP) is 4.16. The van der Waals surface area contributed by atoms with Crippen molar-refractivity contribution in [3.63, 3.8) is 0 Å². The van der Waals surface area contributed by atoms with Crippen LogP contribution in [0.15, 0.2) is 34.7 Å². The molecule has 1 aliphatic rings. The van der Waals surface area contributed by atoms with Gasteiger partial charge < -0.3 is 19.4 Å². The van der Waals surface area contributed by atoms with Crippen LogP contribution in [0, 0.1) is 5.92 Å². The summed E-state index contributed by atoms with van der Waals surface area (Å²) in [4.78, 5) is 37.8. The zero-order chi connectivity index (χ0) is 22.4. The lowest BCUT2D eigenvalue weighted by molar-refractivity contribution is -0.144. The fourth-order valence-corrected chi connectivity index (χ4v) is 3.59. The highest BCUT2D eigenvalue weighted by molar-refractivity contribution is 5.93. The summed E-state index contributed by atoms with van der Waals surface area (Å²) in [5.74, 6) is 1.51. The van der Waals surface area contributed by atoms with Crippen molar-refractivity contribution in [3.8, 4) is 11.3 Å². The van der Waals surface area contributed by atoms with Crippen LogP contribution in [0.4, 0.5) is 5.69 Å². The van der Waals surface area contributed by atoms with E-state index in [2.05, 4.69) is 5.32 Å². The number of ether oxygens (including phenoxy) is 1. The summed E-state index contributed by atoms with van der Waals surface area (Å²) in [6.07, 6.45) is 1.37. The number of carbonyl (C=O) groups excluding carboxylic acids is 3. The van der Waals surface area contributed by atoms with Crippen LogP contribution in [0.25, 0.3) is 11.3 Å². The van der Waals surface area contributed by atoms with Gasteiger partial charge in [-0.05, 0) is 31.0 Å². The fourth-order valence-electron chi connectivity index (χ4n) is 3.59. The van der Waals surface area contributed by atoms with E-state index in [4.69, 9.17) is 9.15 Å². The minimum Gasteiger partial charge on any atom is -0.466 e. The first-order valence-corrected chi connectivity index (χ1v) is 10.8. The SMILES string of the molecule is CCOC(=O)CCC(=O)Nc1cccc(-c2cc3c(o2)CCN(C(=O)CC(C)C)C3)c1. The summed E-state index contributed by atoms with van der Waals surface area (Å²) in [6.45, 7) is 7.37. The molecule has 0 spiro atoms. The summed E-state index contributed by atoms with van der Waals surface area (Å²) in [6, 6.07) is 9.37. The molecule has 7 heteroatoms. The lowest BCUT2D eigenvalue weighted by atomic mass is 10.0. The van der Waals surface area contributed by atoms with E-state index in [-0.39, 0.29) is 30.6 Å². The predicted molar refractivity (Wildman–Crippen MR) is 117 cm³/mol. The Bertz CT molecular complexity index is 947. The molecular formula is C24H30N2O5. The van der Waals surface area contributed by atoms with E-state index in [1.807, 2.05) is 43.0 Å². The van der Waals surface area contributed by atoms with Gasteiger partial charge in [0, 0.05) is 49.2 Å². The van der Waals surface area contributed by atoms with E-state index >= 15 is 0 Å². The first-order valence-electron chi connectivity index (χ1n) is 10.8. The van der Waals surface area contributed by atoms with Crippen LogP contribution in [0.1, 0.15) is 51.4 Å². The third-order valence-corrected chi connectivity index (χ3v) is 5.09. The Hall–Kier alpha value is -3.09. The lowest BCUT2D eigenvalue weighted by Gasteiger charge is -2.26. The van der Waals surface area contributed by atoms with Gasteiger partial charge in [0.25, 0.3) is 0 Å². The van der Waals surface area contributed by atoms with Gasteiger partial charge in [0.1, 0.15) is 11.5 Å². The molecule has 0 radical (unpaired) electrons. The van der Waals surface area contributed by atoms with Crippen LogP contribution >= 0.6 is 0 Å². The summed E-state index contributed by atoms with van der Waals surface area (Å²) in [5, 5.41) is 2.81. The number of anilines is 1. The third-order valence-electron chi connectivity index (χ3n) is 5.09. The highest BCUT2D eigenvalue weighted by Crippen LogP contribution is 2.31. The van der Waals surface area contributed by atoms with E-state index in [9.17, 15) is 14.4 Å². The standard InChI is InChI=1S/C24H30N2O5/c1-4-30-24(29)9-8-22(27)25-19-7-5-6-17(13-19)21-14-18-15-26(11-10-20(18)31-21)23(28)12-16(2)3/h5-7,13-14,16H,4,8-12,15H2,1-3H3,(H,25,27). The Labute approximate surface area is 182 Å². The number of nitrogens with zero attached hydrogens (tertiary/aromatic N) is 1. The number of rotatable bonds is 8. The first-order chi connectivity index (χ1) is 14.9. The van der Waals surface area contributed by atoms with Gasteiger partial charge in [-0.2, -0.15) is 0 Å². The zero-order valence-corrected chi connectivity index (χ0v) is 18.4. The van der Waals surface area contributed by atoms with E-state index in [1.165, 1.54) is 0 Å². The second-order valence-corrected chi connectivity index (χ2v) is 8.16. The van der Waals surface area contributed by atoms with Crippen molar-refractivity contribution in [1.29, 1.82) is 0 Å². The molecule has 0 atom stereocenters. The molecule has 1 aliphatic heterocycles. The largest absolute Gasteiger partial charge is 0.466 e. The van der Waals surface area contributed by atoms with Gasteiger partial charge in [0.2, 0.25) is 11.8 Å². The Kier molecular flexibility index (Phi) is 7.50. The summed E-state index contributed by atoms with van der Waals surface area (Å²) < 4.78 is 10.9. The lowest BCUT2D eigenvalue weighted by Crippen LogP contribution is -2.35. The normalized spacial score (nSPS) is 13.1. The average Bonchev–Trinajstić information content (AvgIpc) is 3.16. The molecule has 31 heavy (non-hydrogen) atoms. The average molecular weight is 427 g/mol. The summed E-state index contributed by atoms with van der Waals surface area (Å²) in [5.41, 5.74) is 2.51. The van der Waals surface area contributed by atoms with Crippen LogP contribution in [0.3, 0.4) is 0 Å². The third kappa shape index (κ3) is 6.20. The molecule has 1 aromatic carbocycles. The molecule has 0 fully saturated rings. The molecule has 1 N–H and O–H groups in total. The Balaban J connectivity index is 1.64. The summed E-state index contributed by atoms with van der Waals surface area (Å²) >= 11 is 0. The maximum Gasteiger partial charge on any atom is 0.306 e. The minimum atomic E-state index is -0.381. The second kappa shape index (κ2) is 10.3. The van der Waals surface area contributed by atoms with Crippen molar-refractivity contribution in [3.05, 3.63) is 41.7 Å². The second-order valence-electron chi connectivity index (χ2n) is 8.16. The molecule has 2 amide bonds. The molecule has 0 unspecified atom stereocenters. The van der Waals surface area contributed by atoms with Gasteiger partial charge in [-0.15, -0.1) is 0 Å². The number of amides is 2. The van der Waals surface area contributed by atoms with Gasteiger partial charge in [-0.25, -0.2) is 0 Å². The maximum atomic E-state index is 12.4. The van der Waals surface area contributed by atoms with E-state index < -0.39 is 0 Å². The Morgan fingerprint density at radius 3 is 2.74 bits per heavy atom. The molecule has 166 valence electrons. The molecular weight excluding hydrogens is 396 g/mol. The van der Waals surface area contributed by atoms with Gasteiger partial charge in [0.15, 0.2) is 0 Å². The monoisotopic (exact) mass is 426 g/mol. The van der Waals surface area contributed by atoms with E-state index in [0.717, 1.165) is 16.9 Å². The highest BCUT2D eigenvalue weighted by Gasteiger charge is 2.24. The number of nitrogens with one attached hydrogen (secondary N) is 1. The molecule has 0 saturated heterocycles. The minimum absolute atomic E-state index is 0.0519. The van der Waals surface area contributed by atoms with Gasteiger partial charge in [-0.3, -0.25) is 14.4 Å². The molecule has 2 aromatic rings. The number of fused-ring (bicyclic) bond motifs is 1. The quantitative estimate of drug-likeness (QED) is 0.640. The van der Waals surface area contributed by atoms with Crippen molar-refractivity contribution in [1.82, 2.24) is 4.90 Å². The van der Waals surface area contributed by atoms with E-state index in [1.54, 1.807) is 13.0 Å². The van der Waals surface area contributed by atoms with Gasteiger partial charge >= 0.3 is 5.97 Å². The van der Waals surface area contributed by atoms with Crippen molar-refractivity contribution in [2.24, 2.45) is 5.92 Å². The summed E-state index contributed by atoms with van der Waals surface area (Å²) in [7, 11) is 0. The molecule has 1 aromatic heterocycles. The first kappa shape index (κ1) is 22.6. The number of furan rings is 1. The van der Waals surface area contributed by atoms with Crippen molar-refractivity contribution < 1.29 is 23.5 Å². The number of esters is 1. The molecule has 7 nitrogen and oxygen atoms in total. The van der Waals surface area contributed by atoms with E-state index in [0.29, 0.717) is 49.9 Å². The molecule has 3 rings (SSSR count). The van der Waals surface area contributed by atoms with Crippen LogP contribution in [-0.2, 0) is 32.1 Å². The molecule has 0 aliphatic carbocycles. The van der Waals surface area contributed by atoms with Crippen LogP contribution in [0.5, 0.6) is 0 Å². The van der Waals surface area contributed by atoms with Crippen LogP contribution in [-0.4, -0.2) is 35.8 Å².